The van der Waals surface area contributed by atoms with E-state index in [0.29, 0.717) is 6.04 Å². The van der Waals surface area contributed by atoms with Gasteiger partial charge in [0.2, 0.25) is 0 Å². The van der Waals surface area contributed by atoms with Gasteiger partial charge in [-0.1, -0.05) is 45.9 Å². The molecule has 2 aliphatic heterocycles. The predicted molar refractivity (Wildman–Crippen MR) is 117 cm³/mol. The molecule has 2 atom stereocenters. The van der Waals surface area contributed by atoms with Crippen molar-refractivity contribution in [1.29, 1.82) is 0 Å². The minimum absolute atomic E-state index is 0.0377. The molecule has 0 aliphatic carbocycles. The Balaban J connectivity index is 1.94. The van der Waals surface area contributed by atoms with Gasteiger partial charge in [0.1, 0.15) is 4.83 Å². The Kier molecular flexibility index (Phi) is 3.09. The Labute approximate surface area is 166 Å². The molecule has 0 fully saturated rings. The van der Waals surface area contributed by atoms with E-state index in [2.05, 4.69) is 95.4 Å². The highest BCUT2D eigenvalue weighted by atomic mass is 32.1. The highest BCUT2D eigenvalue weighted by Gasteiger charge is 2.64. The number of nitrogens with zero attached hydrogens (tertiary/aromatic N) is 2. The molecular formula is C24H30N2S. The summed E-state index contributed by atoms with van der Waals surface area (Å²) in [4.78, 5) is 5.73. The molecule has 0 radical (unpaired) electrons. The zero-order chi connectivity index (χ0) is 19.5. The summed E-state index contributed by atoms with van der Waals surface area (Å²) in [6, 6.07) is 9.62. The molecule has 0 N–H and O–H groups in total. The quantitative estimate of drug-likeness (QED) is 0.424. The summed E-state index contributed by atoms with van der Waals surface area (Å²) in [5.74, 6) is 0. The molecule has 1 aromatic carbocycles. The van der Waals surface area contributed by atoms with Gasteiger partial charge in [-0.3, -0.25) is 0 Å². The van der Waals surface area contributed by atoms with E-state index in [1.165, 1.54) is 27.0 Å². The Morgan fingerprint density at radius 1 is 1.04 bits per heavy atom. The molecule has 3 aromatic rings. The van der Waals surface area contributed by atoms with Crippen LogP contribution in [0.25, 0.3) is 10.2 Å². The fraction of sp³-hybridized carbons (Fsp3) is 0.500. The third-order valence-corrected chi connectivity index (χ3v) is 9.87. The second-order valence-corrected chi connectivity index (χ2v) is 10.9. The number of hydrogen-bond acceptors (Lipinski definition) is 2. The van der Waals surface area contributed by atoms with Gasteiger partial charge in [0.15, 0.2) is 0 Å². The van der Waals surface area contributed by atoms with Gasteiger partial charge in [-0.15, -0.1) is 11.3 Å². The molecule has 27 heavy (non-hydrogen) atoms. The molecule has 2 nitrogen and oxygen atoms in total. The van der Waals surface area contributed by atoms with Crippen LogP contribution >= 0.6 is 11.3 Å². The van der Waals surface area contributed by atoms with E-state index in [4.69, 9.17) is 0 Å². The first kappa shape index (κ1) is 17.4. The van der Waals surface area contributed by atoms with Crippen molar-refractivity contribution in [3.8, 4) is 0 Å². The Morgan fingerprint density at radius 2 is 1.74 bits per heavy atom. The maximum absolute atomic E-state index is 2.76. The summed E-state index contributed by atoms with van der Waals surface area (Å²) in [7, 11) is 2.17. The van der Waals surface area contributed by atoms with Crippen molar-refractivity contribution in [2.75, 3.05) is 4.90 Å². The van der Waals surface area contributed by atoms with Crippen molar-refractivity contribution in [1.82, 2.24) is 4.57 Å². The molecule has 0 saturated carbocycles. The first-order valence-corrected chi connectivity index (χ1v) is 10.8. The van der Waals surface area contributed by atoms with Crippen molar-refractivity contribution in [2.24, 2.45) is 12.5 Å². The zero-order valence-corrected chi connectivity index (χ0v) is 18.6. The maximum Gasteiger partial charge on any atom is 0.103 e. The Bertz CT molecular complexity index is 1100. The van der Waals surface area contributed by atoms with E-state index in [1.807, 2.05) is 11.3 Å². The molecular weight excluding hydrogens is 348 g/mol. The average molecular weight is 379 g/mol. The van der Waals surface area contributed by atoms with E-state index < -0.39 is 0 Å². The molecule has 2 aliphatic rings. The van der Waals surface area contributed by atoms with Crippen molar-refractivity contribution >= 4 is 27.2 Å². The van der Waals surface area contributed by atoms with Crippen LogP contribution in [0.3, 0.4) is 0 Å². The van der Waals surface area contributed by atoms with E-state index in [9.17, 15) is 0 Å². The lowest BCUT2D eigenvalue weighted by Gasteiger charge is -2.62. The second-order valence-electron chi connectivity index (χ2n) is 9.83. The summed E-state index contributed by atoms with van der Waals surface area (Å²) in [5.41, 5.74) is 6.04. The lowest BCUT2D eigenvalue weighted by Crippen LogP contribution is -2.62. The maximum atomic E-state index is 2.76. The number of anilines is 1. The van der Waals surface area contributed by atoms with Crippen molar-refractivity contribution in [3.63, 3.8) is 0 Å². The summed E-state index contributed by atoms with van der Waals surface area (Å²) < 4.78 is 2.29. The molecule has 0 bridgehead atoms. The van der Waals surface area contributed by atoms with E-state index in [-0.39, 0.29) is 16.4 Å². The number of rotatable bonds is 0. The van der Waals surface area contributed by atoms with Gasteiger partial charge in [0.05, 0.1) is 11.6 Å². The van der Waals surface area contributed by atoms with E-state index in [1.54, 1.807) is 10.4 Å². The first-order chi connectivity index (χ1) is 12.5. The molecule has 2 unspecified atom stereocenters. The van der Waals surface area contributed by atoms with Gasteiger partial charge < -0.3 is 9.47 Å². The third-order valence-electron chi connectivity index (χ3n) is 8.40. The zero-order valence-electron chi connectivity index (χ0n) is 17.8. The SMILES string of the molecule is Cc1cccc2c1N1C(C)c3sc4c(ccn4C)c3C1(C)C(C)(C)C2(C)C. The van der Waals surface area contributed by atoms with Crippen molar-refractivity contribution in [2.45, 2.75) is 65.5 Å². The van der Waals surface area contributed by atoms with Crippen LogP contribution in [0.4, 0.5) is 5.69 Å². The lowest BCUT2D eigenvalue weighted by atomic mass is 9.51. The summed E-state index contributed by atoms with van der Waals surface area (Å²) in [6.07, 6.45) is 2.22. The number of aromatic nitrogens is 1. The number of fused-ring (bicyclic) bond motifs is 7. The third kappa shape index (κ3) is 1.65. The van der Waals surface area contributed by atoms with Crippen LogP contribution in [0.5, 0.6) is 0 Å². The van der Waals surface area contributed by atoms with Gasteiger partial charge in [-0.25, -0.2) is 0 Å². The number of thiophene rings is 1. The molecule has 4 heterocycles. The molecule has 0 spiro atoms. The number of hydrogen-bond donors (Lipinski definition) is 0. The van der Waals surface area contributed by atoms with Crippen molar-refractivity contribution < 1.29 is 0 Å². The topological polar surface area (TPSA) is 8.17 Å². The summed E-state index contributed by atoms with van der Waals surface area (Å²) >= 11 is 2.00. The monoisotopic (exact) mass is 378 g/mol. The lowest BCUT2D eigenvalue weighted by molar-refractivity contribution is 0.0660. The van der Waals surface area contributed by atoms with Crippen LogP contribution in [0, 0.1) is 12.3 Å². The van der Waals surface area contributed by atoms with Crippen LogP contribution in [0.2, 0.25) is 0 Å². The predicted octanol–water partition coefficient (Wildman–Crippen LogP) is 6.66. The molecule has 5 rings (SSSR count). The van der Waals surface area contributed by atoms with Gasteiger partial charge in [0.25, 0.3) is 0 Å². The standard InChI is InChI=1S/C24H30N2S/c1-14-10-9-11-17-19(14)26-15(2)20-18(16-12-13-25(8)21(16)27-20)24(26,7)23(5,6)22(17,3)4/h9-13,15H,1-8H3. The van der Waals surface area contributed by atoms with Crippen LogP contribution in [-0.2, 0) is 18.0 Å². The number of benzene rings is 1. The number of para-hydroxylation sites is 1. The second kappa shape index (κ2) is 4.81. The molecule has 2 aromatic heterocycles. The summed E-state index contributed by atoms with van der Waals surface area (Å²) in [5, 5.41) is 1.45. The minimum Gasteiger partial charge on any atom is -0.353 e. The van der Waals surface area contributed by atoms with Gasteiger partial charge in [-0.05, 0) is 43.4 Å². The van der Waals surface area contributed by atoms with Crippen LogP contribution < -0.4 is 4.90 Å². The van der Waals surface area contributed by atoms with Gasteiger partial charge >= 0.3 is 0 Å². The van der Waals surface area contributed by atoms with Crippen LogP contribution in [0.1, 0.15) is 69.2 Å². The Morgan fingerprint density at radius 3 is 2.44 bits per heavy atom. The smallest absolute Gasteiger partial charge is 0.103 e. The largest absolute Gasteiger partial charge is 0.353 e. The molecule has 0 amide bonds. The highest BCUT2D eigenvalue weighted by Crippen LogP contribution is 2.69. The van der Waals surface area contributed by atoms with E-state index in [0.717, 1.165) is 0 Å². The average Bonchev–Trinajstić information content (AvgIpc) is 3.20. The minimum atomic E-state index is -0.0377. The Hall–Kier alpha value is -1.74. The van der Waals surface area contributed by atoms with Crippen LogP contribution in [0.15, 0.2) is 30.5 Å². The molecule has 3 heteroatoms. The van der Waals surface area contributed by atoms with E-state index >= 15 is 0 Å². The molecule has 142 valence electrons. The van der Waals surface area contributed by atoms with Crippen molar-refractivity contribution in [3.05, 3.63) is 52.0 Å². The normalized spacial score (nSPS) is 27.6. The highest BCUT2D eigenvalue weighted by molar-refractivity contribution is 7.19. The fourth-order valence-electron chi connectivity index (χ4n) is 6.00. The van der Waals surface area contributed by atoms with Crippen LogP contribution in [-0.4, -0.2) is 4.57 Å². The molecule has 0 saturated heterocycles. The summed E-state index contributed by atoms with van der Waals surface area (Å²) in [6.45, 7) is 17.1. The van der Waals surface area contributed by atoms with Gasteiger partial charge in [0, 0.05) is 40.2 Å². The first-order valence-electron chi connectivity index (χ1n) is 10.0. The number of aryl methyl sites for hydroxylation is 2. The van der Waals surface area contributed by atoms with Gasteiger partial charge in [-0.2, -0.15) is 0 Å². The fourth-order valence-corrected chi connectivity index (χ4v) is 7.38.